The molecule has 2 aromatic rings. The Bertz CT molecular complexity index is 709. The van der Waals surface area contributed by atoms with E-state index in [2.05, 4.69) is 0 Å². The molecule has 0 fully saturated rings. The fraction of sp³-hybridized carbons (Fsp3) is 0. The molecule has 0 bridgehead atoms. The molecule has 0 saturated heterocycles. The Kier molecular flexibility index (Phi) is 3.09. The molecule has 0 aliphatic carbocycles. The number of rotatable bonds is 1. The Hall–Kier alpha value is -1.71. The minimum absolute atomic E-state index is 0.00533. The topological polar surface area (TPSA) is 43.1 Å². The summed E-state index contributed by atoms with van der Waals surface area (Å²) in [6.45, 7) is 0. The lowest BCUT2D eigenvalue weighted by Gasteiger charge is -2.00. The van der Waals surface area contributed by atoms with Crippen LogP contribution in [-0.4, -0.2) is 5.78 Å². The molecule has 0 saturated carbocycles. The van der Waals surface area contributed by atoms with E-state index in [1.54, 1.807) is 12.1 Å². The Labute approximate surface area is 120 Å². The highest BCUT2D eigenvalue weighted by atomic mass is 35.5. The molecule has 0 unspecified atom stereocenters. The van der Waals surface area contributed by atoms with Gasteiger partial charge in [0.25, 0.3) is 0 Å². The number of thioether (sulfide) groups is 1. The Balaban J connectivity index is 2.03. The Morgan fingerprint density at radius 3 is 2.74 bits per heavy atom. The van der Waals surface area contributed by atoms with E-state index in [1.165, 1.54) is 11.8 Å². The number of anilines is 1. The van der Waals surface area contributed by atoms with Crippen molar-refractivity contribution in [1.82, 2.24) is 0 Å². The standard InChI is InChI=1S/C15H10ClNOS/c16-10-5-6-13-11(8-10)15(18)14(19-13)7-9-3-1-2-4-12(9)17/h1-8H,17H2. The average Bonchev–Trinajstić information content (AvgIpc) is 2.70. The lowest BCUT2D eigenvalue weighted by Crippen LogP contribution is -1.95. The third-order valence-corrected chi connectivity index (χ3v) is 4.25. The minimum atomic E-state index is 0.00533. The number of ketones is 1. The summed E-state index contributed by atoms with van der Waals surface area (Å²) in [5, 5.41) is 0.577. The van der Waals surface area contributed by atoms with Crippen LogP contribution in [0.3, 0.4) is 0 Å². The molecule has 2 aromatic carbocycles. The van der Waals surface area contributed by atoms with Crippen molar-refractivity contribution >= 4 is 40.9 Å². The summed E-state index contributed by atoms with van der Waals surface area (Å²) in [7, 11) is 0. The van der Waals surface area contributed by atoms with Crippen molar-refractivity contribution in [2.75, 3.05) is 5.73 Å². The molecule has 1 heterocycles. The smallest absolute Gasteiger partial charge is 0.200 e. The first-order chi connectivity index (χ1) is 9.15. The van der Waals surface area contributed by atoms with Crippen LogP contribution in [0.25, 0.3) is 6.08 Å². The highest BCUT2D eigenvalue weighted by Crippen LogP contribution is 2.42. The van der Waals surface area contributed by atoms with Gasteiger partial charge >= 0.3 is 0 Å². The number of allylic oxidation sites excluding steroid dienone is 1. The van der Waals surface area contributed by atoms with Gasteiger partial charge < -0.3 is 5.73 Å². The summed E-state index contributed by atoms with van der Waals surface area (Å²) >= 11 is 7.37. The zero-order valence-electron chi connectivity index (χ0n) is 9.89. The van der Waals surface area contributed by atoms with Crippen molar-refractivity contribution in [3.63, 3.8) is 0 Å². The molecule has 2 N–H and O–H groups in total. The molecular formula is C15H10ClNOS. The fourth-order valence-corrected chi connectivity index (χ4v) is 3.14. The molecule has 94 valence electrons. The van der Waals surface area contributed by atoms with Gasteiger partial charge in [0.1, 0.15) is 0 Å². The largest absolute Gasteiger partial charge is 0.398 e. The van der Waals surface area contributed by atoms with Crippen LogP contribution in [-0.2, 0) is 0 Å². The molecule has 0 amide bonds. The van der Waals surface area contributed by atoms with E-state index in [0.29, 0.717) is 21.2 Å². The monoisotopic (exact) mass is 287 g/mol. The molecule has 4 heteroatoms. The van der Waals surface area contributed by atoms with E-state index in [-0.39, 0.29) is 5.78 Å². The van der Waals surface area contributed by atoms with Crippen LogP contribution in [0.4, 0.5) is 5.69 Å². The van der Waals surface area contributed by atoms with Gasteiger partial charge in [0.05, 0.1) is 4.91 Å². The number of carbonyl (C=O) groups is 1. The zero-order chi connectivity index (χ0) is 13.4. The molecule has 1 aliphatic heterocycles. The lowest BCUT2D eigenvalue weighted by molar-refractivity contribution is 0.104. The Morgan fingerprint density at radius 1 is 1.16 bits per heavy atom. The van der Waals surface area contributed by atoms with Gasteiger partial charge in [-0.25, -0.2) is 0 Å². The number of hydrogen-bond donors (Lipinski definition) is 1. The normalized spacial score (nSPS) is 15.8. The zero-order valence-corrected chi connectivity index (χ0v) is 11.5. The summed E-state index contributed by atoms with van der Waals surface area (Å²) in [5.74, 6) is 0.00533. The van der Waals surface area contributed by atoms with Gasteiger partial charge in [0, 0.05) is 21.2 Å². The summed E-state index contributed by atoms with van der Waals surface area (Å²) in [5.41, 5.74) is 8.07. The number of para-hydroxylation sites is 1. The van der Waals surface area contributed by atoms with Gasteiger partial charge in [-0.3, -0.25) is 4.79 Å². The number of benzene rings is 2. The molecule has 0 aromatic heterocycles. The van der Waals surface area contributed by atoms with Crippen molar-refractivity contribution in [3.8, 4) is 0 Å². The number of hydrogen-bond acceptors (Lipinski definition) is 3. The molecule has 0 spiro atoms. The molecule has 0 atom stereocenters. The van der Waals surface area contributed by atoms with Crippen LogP contribution in [0.5, 0.6) is 0 Å². The minimum Gasteiger partial charge on any atom is -0.398 e. The van der Waals surface area contributed by atoms with Crippen molar-refractivity contribution in [2.45, 2.75) is 4.90 Å². The van der Waals surface area contributed by atoms with Crippen LogP contribution in [0.2, 0.25) is 5.02 Å². The predicted molar refractivity (Wildman–Crippen MR) is 80.5 cm³/mol. The van der Waals surface area contributed by atoms with E-state index in [4.69, 9.17) is 17.3 Å². The number of fused-ring (bicyclic) bond motifs is 1. The number of nitrogen functional groups attached to an aromatic ring is 1. The molecule has 3 rings (SSSR count). The highest BCUT2D eigenvalue weighted by Gasteiger charge is 2.26. The van der Waals surface area contributed by atoms with E-state index >= 15 is 0 Å². The number of Topliss-reactive ketones (excluding diaryl/α,β-unsaturated/α-hetero) is 1. The number of halogens is 1. The van der Waals surface area contributed by atoms with E-state index < -0.39 is 0 Å². The van der Waals surface area contributed by atoms with Crippen LogP contribution in [0.15, 0.2) is 52.3 Å². The summed E-state index contributed by atoms with van der Waals surface area (Å²) in [6.07, 6.45) is 1.83. The molecule has 1 aliphatic rings. The summed E-state index contributed by atoms with van der Waals surface area (Å²) in [6, 6.07) is 12.9. The van der Waals surface area contributed by atoms with Crippen LogP contribution < -0.4 is 5.73 Å². The van der Waals surface area contributed by atoms with Gasteiger partial charge in [-0.15, -0.1) is 0 Å². The number of carbonyl (C=O) groups excluding carboxylic acids is 1. The maximum atomic E-state index is 12.3. The summed E-state index contributed by atoms with van der Waals surface area (Å²) < 4.78 is 0. The van der Waals surface area contributed by atoms with Crippen LogP contribution in [0, 0.1) is 0 Å². The third-order valence-electron chi connectivity index (χ3n) is 2.91. The first kappa shape index (κ1) is 12.3. The number of nitrogens with two attached hydrogens (primary N) is 1. The maximum absolute atomic E-state index is 12.3. The van der Waals surface area contributed by atoms with Crippen molar-refractivity contribution in [3.05, 3.63) is 63.5 Å². The van der Waals surface area contributed by atoms with E-state index in [1.807, 2.05) is 36.4 Å². The van der Waals surface area contributed by atoms with Crippen LogP contribution >= 0.6 is 23.4 Å². The maximum Gasteiger partial charge on any atom is 0.200 e. The van der Waals surface area contributed by atoms with Crippen LogP contribution in [0.1, 0.15) is 15.9 Å². The van der Waals surface area contributed by atoms with Gasteiger partial charge in [0.2, 0.25) is 5.78 Å². The van der Waals surface area contributed by atoms with Gasteiger partial charge in [-0.1, -0.05) is 41.6 Å². The van der Waals surface area contributed by atoms with Crippen molar-refractivity contribution in [1.29, 1.82) is 0 Å². The van der Waals surface area contributed by atoms with E-state index in [0.717, 1.165) is 10.5 Å². The average molecular weight is 288 g/mol. The molecule has 19 heavy (non-hydrogen) atoms. The fourth-order valence-electron chi connectivity index (χ4n) is 1.94. The highest BCUT2D eigenvalue weighted by molar-refractivity contribution is 8.04. The third kappa shape index (κ3) is 2.27. The molecule has 2 nitrogen and oxygen atoms in total. The second-order valence-electron chi connectivity index (χ2n) is 4.21. The second-order valence-corrected chi connectivity index (χ2v) is 5.73. The lowest BCUT2D eigenvalue weighted by atomic mass is 10.1. The predicted octanol–water partition coefficient (Wildman–Crippen LogP) is 4.25. The van der Waals surface area contributed by atoms with Crippen molar-refractivity contribution < 1.29 is 4.79 Å². The summed E-state index contributed by atoms with van der Waals surface area (Å²) in [4.78, 5) is 13.9. The Morgan fingerprint density at radius 2 is 1.95 bits per heavy atom. The molecular weight excluding hydrogens is 278 g/mol. The van der Waals surface area contributed by atoms with Gasteiger partial charge in [-0.05, 0) is 35.9 Å². The second kappa shape index (κ2) is 4.76. The first-order valence-electron chi connectivity index (χ1n) is 5.73. The molecule has 0 radical (unpaired) electrons. The van der Waals surface area contributed by atoms with Crippen molar-refractivity contribution in [2.24, 2.45) is 0 Å². The van der Waals surface area contributed by atoms with E-state index in [9.17, 15) is 4.79 Å². The van der Waals surface area contributed by atoms with Gasteiger partial charge in [0.15, 0.2) is 0 Å². The first-order valence-corrected chi connectivity index (χ1v) is 6.93. The SMILES string of the molecule is Nc1ccccc1C=C1Sc2ccc(Cl)cc2C1=O. The quantitative estimate of drug-likeness (QED) is 0.630. The van der Waals surface area contributed by atoms with Gasteiger partial charge in [-0.2, -0.15) is 0 Å².